The molecule has 4 aliphatic heterocycles. The summed E-state index contributed by atoms with van der Waals surface area (Å²) in [6, 6.07) is 17.3. The van der Waals surface area contributed by atoms with E-state index in [1.807, 2.05) is 24.3 Å². The zero-order chi connectivity index (χ0) is 38.9. The second kappa shape index (κ2) is 14.0. The fourth-order valence-corrected chi connectivity index (χ4v) is 9.69. The van der Waals surface area contributed by atoms with Crippen LogP contribution in [0, 0.1) is 29.6 Å². The van der Waals surface area contributed by atoms with Crippen LogP contribution in [0.25, 0.3) is 0 Å². The third kappa shape index (κ3) is 6.17. The van der Waals surface area contributed by atoms with Crippen LogP contribution in [0.1, 0.15) is 24.3 Å². The summed E-state index contributed by atoms with van der Waals surface area (Å²) >= 11 is 0. The largest absolute Gasteiger partial charge is 0.573 e. The van der Waals surface area contributed by atoms with Crippen molar-refractivity contribution >= 4 is 46.4 Å². The molecular formula is C41H39F3N4O8. The highest BCUT2D eigenvalue weighted by Gasteiger charge is 2.62. The van der Waals surface area contributed by atoms with Crippen molar-refractivity contribution in [3.8, 4) is 11.5 Å². The molecule has 292 valence electrons. The lowest BCUT2D eigenvalue weighted by Crippen LogP contribution is -2.43. The van der Waals surface area contributed by atoms with Gasteiger partial charge in [0.2, 0.25) is 23.6 Å². The second-order valence-corrected chi connectivity index (χ2v) is 15.0. The van der Waals surface area contributed by atoms with Crippen molar-refractivity contribution in [2.75, 3.05) is 72.2 Å². The Kier molecular flexibility index (Phi) is 9.03. The number of aromatic hydroxyl groups is 1. The lowest BCUT2D eigenvalue weighted by atomic mass is 9.57. The van der Waals surface area contributed by atoms with Gasteiger partial charge < -0.3 is 29.1 Å². The zero-order valence-electron chi connectivity index (χ0n) is 30.2. The molecule has 6 aliphatic rings. The molecule has 5 fully saturated rings. The van der Waals surface area contributed by atoms with E-state index >= 15 is 0 Å². The fraction of sp³-hybridized carbons (Fsp3) is 0.415. The molecule has 0 spiro atoms. The van der Waals surface area contributed by atoms with Crippen molar-refractivity contribution in [2.45, 2.75) is 25.1 Å². The molecule has 0 unspecified atom stereocenters. The molecule has 0 aromatic heterocycles. The number of ether oxygens (including phenoxy) is 3. The highest BCUT2D eigenvalue weighted by Crippen LogP contribution is 2.59. The number of carbonyl (C=O) groups is 4. The predicted molar refractivity (Wildman–Crippen MR) is 196 cm³/mol. The van der Waals surface area contributed by atoms with Gasteiger partial charge in [0, 0.05) is 49.0 Å². The number of allylic oxidation sites excluding steroid dienone is 2. The Balaban J connectivity index is 1.08. The molecule has 3 aromatic carbocycles. The topological polar surface area (TPSA) is 129 Å². The van der Waals surface area contributed by atoms with Gasteiger partial charge in [0.1, 0.15) is 11.5 Å². The number of hydrogen-bond acceptors (Lipinski definition) is 10. The first-order valence-corrected chi connectivity index (χ1v) is 18.9. The molecule has 1 saturated carbocycles. The minimum absolute atomic E-state index is 0.0332. The molecule has 3 aromatic rings. The summed E-state index contributed by atoms with van der Waals surface area (Å²) < 4.78 is 55.4. The highest BCUT2D eigenvalue weighted by atomic mass is 19.4. The first-order valence-electron chi connectivity index (χ1n) is 18.9. The maximum atomic E-state index is 14.6. The van der Waals surface area contributed by atoms with Gasteiger partial charge in [-0.05, 0) is 85.5 Å². The number of rotatable bonds is 6. The number of morpholine rings is 2. The number of hydrogen-bond donors (Lipinski definition) is 1. The standard InChI is InChI=1S/C41H39F3N4O8/c42-41(43,44)56-27-9-12-33(49)31(21-27)34-28-10-11-29-35(39(52)47(37(29)50)25-5-1-23(2-6-25)45-13-17-54-18-14-45)30(28)22-32-36(34)40(53)48(38(32)51)26-7-3-24(4-8-26)46-15-19-55-20-16-46/h1-10,12,21,29-30,32,34-36,49H,11,13-20,22H2/t29-,30+,32+,34+,35-,36+/m0/s1. The number of nitrogens with zero attached hydrogens (tertiary/aromatic N) is 4. The average molecular weight is 773 g/mol. The average Bonchev–Trinajstić information content (AvgIpc) is 3.61. The van der Waals surface area contributed by atoms with Crippen LogP contribution in [0.2, 0.25) is 0 Å². The maximum absolute atomic E-state index is 14.6. The Bertz CT molecular complexity index is 2100. The van der Waals surface area contributed by atoms with Crippen molar-refractivity contribution in [3.05, 3.63) is 83.9 Å². The number of halogens is 3. The van der Waals surface area contributed by atoms with Gasteiger partial charge >= 0.3 is 6.36 Å². The molecular weight excluding hydrogens is 733 g/mol. The summed E-state index contributed by atoms with van der Waals surface area (Å²) in [5.41, 5.74) is 3.06. The SMILES string of the molecule is O=C1[C@H]2[C@H](CC=C3[C@H]2C[C@H]2C(=O)N(c4ccc(N5CCOCC5)cc4)C(=O)[C@H]2[C@H]3c2cc(OC(F)(F)F)ccc2O)C(=O)N1c1ccc(N2CCOCC2)cc1. The van der Waals surface area contributed by atoms with Crippen molar-refractivity contribution in [3.63, 3.8) is 0 Å². The first kappa shape index (κ1) is 36.2. The summed E-state index contributed by atoms with van der Waals surface area (Å²) in [4.78, 5) is 64.2. The van der Waals surface area contributed by atoms with Crippen molar-refractivity contribution in [1.82, 2.24) is 0 Å². The summed E-state index contributed by atoms with van der Waals surface area (Å²) in [5, 5.41) is 11.2. The molecule has 1 N–H and O–H groups in total. The van der Waals surface area contributed by atoms with Gasteiger partial charge in [-0.1, -0.05) is 11.6 Å². The molecule has 4 amide bonds. The Morgan fingerprint density at radius 1 is 0.625 bits per heavy atom. The fourth-order valence-electron chi connectivity index (χ4n) is 9.69. The molecule has 9 rings (SSSR count). The van der Waals surface area contributed by atoms with Crippen LogP contribution < -0.4 is 24.3 Å². The van der Waals surface area contributed by atoms with E-state index in [0.717, 1.165) is 34.5 Å². The number of anilines is 4. The van der Waals surface area contributed by atoms with Gasteiger partial charge in [-0.3, -0.25) is 29.0 Å². The van der Waals surface area contributed by atoms with Crippen LogP contribution in [0.5, 0.6) is 11.5 Å². The Hall–Kier alpha value is -5.41. The number of alkyl halides is 3. The number of phenolic OH excluding ortho intramolecular Hbond substituents is 1. The second-order valence-electron chi connectivity index (χ2n) is 15.0. The molecule has 0 bridgehead atoms. The molecule has 56 heavy (non-hydrogen) atoms. The minimum Gasteiger partial charge on any atom is -0.508 e. The molecule has 15 heteroatoms. The maximum Gasteiger partial charge on any atom is 0.573 e. The Labute approximate surface area is 320 Å². The van der Waals surface area contributed by atoms with E-state index in [1.54, 1.807) is 30.3 Å². The van der Waals surface area contributed by atoms with E-state index in [1.165, 1.54) is 4.90 Å². The summed E-state index contributed by atoms with van der Waals surface area (Å²) in [6.07, 6.45) is -3.07. The number of phenols is 1. The molecule has 0 radical (unpaired) electrons. The number of carbonyl (C=O) groups excluding carboxylic acids is 4. The molecule has 4 heterocycles. The van der Waals surface area contributed by atoms with Crippen LogP contribution in [0.3, 0.4) is 0 Å². The Morgan fingerprint density at radius 2 is 1.12 bits per heavy atom. The number of fused-ring (bicyclic) bond motifs is 4. The number of imide groups is 2. The molecule has 6 atom stereocenters. The number of amides is 4. The summed E-state index contributed by atoms with van der Waals surface area (Å²) in [7, 11) is 0. The van der Waals surface area contributed by atoms with Crippen molar-refractivity contribution in [1.29, 1.82) is 0 Å². The van der Waals surface area contributed by atoms with E-state index in [9.17, 15) is 37.5 Å². The summed E-state index contributed by atoms with van der Waals surface area (Å²) in [6.45, 7) is 5.13. The van der Waals surface area contributed by atoms with E-state index in [0.29, 0.717) is 69.6 Å². The van der Waals surface area contributed by atoms with Crippen molar-refractivity contribution in [2.24, 2.45) is 29.6 Å². The normalized spacial score (nSPS) is 27.9. The highest BCUT2D eigenvalue weighted by molar-refractivity contribution is 6.24. The van der Waals surface area contributed by atoms with Gasteiger partial charge in [0.05, 0.1) is 61.5 Å². The van der Waals surface area contributed by atoms with E-state index in [2.05, 4.69) is 14.5 Å². The van der Waals surface area contributed by atoms with Crippen LogP contribution >= 0.6 is 0 Å². The lowest BCUT2D eigenvalue weighted by Gasteiger charge is -2.44. The molecule has 12 nitrogen and oxygen atoms in total. The molecule has 2 aliphatic carbocycles. The van der Waals surface area contributed by atoms with Gasteiger partial charge in [-0.25, -0.2) is 0 Å². The van der Waals surface area contributed by atoms with E-state index < -0.39 is 71.1 Å². The Morgan fingerprint density at radius 3 is 1.66 bits per heavy atom. The smallest absolute Gasteiger partial charge is 0.508 e. The van der Waals surface area contributed by atoms with Gasteiger partial charge in [-0.15, -0.1) is 13.2 Å². The quantitative estimate of drug-likeness (QED) is 0.270. The summed E-state index contributed by atoms with van der Waals surface area (Å²) in [5.74, 6) is -8.47. The van der Waals surface area contributed by atoms with Crippen LogP contribution in [0.15, 0.2) is 78.4 Å². The molecule has 4 saturated heterocycles. The third-order valence-corrected chi connectivity index (χ3v) is 12.2. The van der Waals surface area contributed by atoms with Gasteiger partial charge in [0.25, 0.3) is 0 Å². The first-order chi connectivity index (χ1) is 27.0. The van der Waals surface area contributed by atoms with Crippen molar-refractivity contribution < 1.29 is 51.7 Å². The van der Waals surface area contributed by atoms with Gasteiger partial charge in [0.15, 0.2) is 0 Å². The zero-order valence-corrected chi connectivity index (χ0v) is 30.2. The van der Waals surface area contributed by atoms with Gasteiger partial charge in [-0.2, -0.15) is 0 Å². The predicted octanol–water partition coefficient (Wildman–Crippen LogP) is 5.01. The third-order valence-electron chi connectivity index (χ3n) is 12.2. The van der Waals surface area contributed by atoms with E-state index in [-0.39, 0.29) is 24.3 Å². The number of benzene rings is 3. The lowest BCUT2D eigenvalue weighted by molar-refractivity contribution is -0.274. The van der Waals surface area contributed by atoms with E-state index in [4.69, 9.17) is 9.47 Å². The van der Waals surface area contributed by atoms with Crippen LogP contribution in [-0.4, -0.2) is 87.7 Å². The van der Waals surface area contributed by atoms with Crippen LogP contribution in [-0.2, 0) is 28.7 Å². The van der Waals surface area contributed by atoms with Crippen LogP contribution in [0.4, 0.5) is 35.9 Å². The minimum atomic E-state index is -5.03. The monoisotopic (exact) mass is 772 g/mol.